The first-order valence-electron chi connectivity index (χ1n) is 15.4. The van der Waals surface area contributed by atoms with Gasteiger partial charge in [0.25, 0.3) is 35.4 Å². The third kappa shape index (κ3) is 14.0. The van der Waals surface area contributed by atoms with Gasteiger partial charge in [0, 0.05) is 49.4 Å². The number of carbonyl (C=O) groups is 11. The van der Waals surface area contributed by atoms with Crippen LogP contribution in [-0.4, -0.2) is 80.1 Å². The molecular formula is C32H47N3O14. The van der Waals surface area contributed by atoms with Crippen LogP contribution in [-0.2, 0) is 67.3 Å². The Morgan fingerprint density at radius 3 is 1.18 bits per heavy atom. The van der Waals surface area contributed by atoms with Crippen LogP contribution in [0.5, 0.6) is 0 Å². The van der Waals surface area contributed by atoms with Gasteiger partial charge in [-0.1, -0.05) is 62.8 Å². The summed E-state index contributed by atoms with van der Waals surface area (Å²) in [7, 11) is 0. The average molecular weight is 698 g/mol. The van der Waals surface area contributed by atoms with Gasteiger partial charge in [0.05, 0.1) is 6.42 Å². The summed E-state index contributed by atoms with van der Waals surface area (Å²) in [6.07, 6.45) is -0.407. The summed E-state index contributed by atoms with van der Waals surface area (Å²) in [5.74, 6) is -7.21. The molecule has 0 aromatic carbocycles. The molecule has 3 fully saturated rings. The first kappa shape index (κ1) is 44.2. The summed E-state index contributed by atoms with van der Waals surface area (Å²) in [6, 6.07) is 0. The standard InChI is InChI=1S/C11H15NO5.C10H13NO5.C10H15NO4.CH4/c1-6(2)8(13)5-10(15)17-12-9(14)4-7(3)11(12)16;1-6(2)7(12)5-10(15)16-11-8(13)3-4-9(11)14;1-6(2)4-9(13)15-11-8(12)5-7(3)10(11)14;/h6-7H,4-5H2,1-3H3;6H,3-5H2,1-2H3;6-7H,4-5H2,1-3H3;1H4. The van der Waals surface area contributed by atoms with Crippen molar-refractivity contribution in [1.29, 1.82) is 0 Å². The Bertz CT molecular complexity index is 1320. The number of ketones is 2. The number of rotatable bonds is 11. The molecule has 3 heterocycles. The number of carbonyl (C=O) groups excluding carboxylic acids is 11. The molecule has 49 heavy (non-hydrogen) atoms. The molecule has 17 nitrogen and oxygen atoms in total. The number of hydrogen-bond acceptors (Lipinski definition) is 14. The molecule has 3 rings (SSSR count). The molecule has 0 saturated carbocycles. The summed E-state index contributed by atoms with van der Waals surface area (Å²) in [5.41, 5.74) is 0. The Kier molecular flexibility index (Phi) is 17.9. The van der Waals surface area contributed by atoms with Crippen molar-refractivity contribution in [3.8, 4) is 0 Å². The van der Waals surface area contributed by atoms with Gasteiger partial charge in [-0.05, 0) is 5.92 Å². The minimum absolute atomic E-state index is 0. The highest BCUT2D eigenvalue weighted by molar-refractivity contribution is 6.05. The van der Waals surface area contributed by atoms with E-state index in [1.165, 1.54) is 0 Å². The fraction of sp³-hybridized carbons (Fsp3) is 0.656. The van der Waals surface area contributed by atoms with E-state index in [0.29, 0.717) is 15.2 Å². The summed E-state index contributed by atoms with van der Waals surface area (Å²) >= 11 is 0. The fourth-order valence-electron chi connectivity index (χ4n) is 3.79. The van der Waals surface area contributed by atoms with Crippen molar-refractivity contribution >= 4 is 64.9 Å². The molecule has 0 aromatic rings. The minimum atomic E-state index is -0.875. The number of imide groups is 3. The van der Waals surface area contributed by atoms with E-state index in [4.69, 9.17) is 4.84 Å². The van der Waals surface area contributed by atoms with Gasteiger partial charge in [0.15, 0.2) is 0 Å². The molecule has 3 aliphatic heterocycles. The van der Waals surface area contributed by atoms with Crippen LogP contribution < -0.4 is 0 Å². The second-order valence-electron chi connectivity index (χ2n) is 12.4. The molecule has 6 amide bonds. The molecule has 0 aliphatic carbocycles. The van der Waals surface area contributed by atoms with Crippen molar-refractivity contribution in [3.05, 3.63) is 0 Å². The van der Waals surface area contributed by atoms with Gasteiger partial charge < -0.3 is 14.5 Å². The third-order valence-electron chi connectivity index (χ3n) is 6.74. The van der Waals surface area contributed by atoms with Crippen LogP contribution in [0.1, 0.15) is 108 Å². The molecule has 3 saturated heterocycles. The molecule has 2 unspecified atom stereocenters. The Balaban J connectivity index is 0.000000699. The summed E-state index contributed by atoms with van der Waals surface area (Å²) < 4.78 is 0. The zero-order valence-corrected chi connectivity index (χ0v) is 28.4. The highest BCUT2D eigenvalue weighted by atomic mass is 16.7. The molecule has 3 aliphatic rings. The summed E-state index contributed by atoms with van der Waals surface area (Å²) in [4.78, 5) is 138. The Morgan fingerprint density at radius 1 is 0.571 bits per heavy atom. The minimum Gasteiger partial charge on any atom is -0.330 e. The molecular weight excluding hydrogens is 650 g/mol. The quantitative estimate of drug-likeness (QED) is 0.223. The topological polar surface area (TPSA) is 225 Å². The van der Waals surface area contributed by atoms with Crippen molar-refractivity contribution in [2.24, 2.45) is 29.6 Å². The van der Waals surface area contributed by atoms with Gasteiger partial charge in [-0.15, -0.1) is 15.2 Å². The van der Waals surface area contributed by atoms with Crippen LogP contribution in [0.2, 0.25) is 0 Å². The van der Waals surface area contributed by atoms with Crippen LogP contribution in [0.25, 0.3) is 0 Å². The molecule has 0 bridgehead atoms. The first-order chi connectivity index (χ1) is 22.2. The van der Waals surface area contributed by atoms with E-state index in [9.17, 15) is 52.7 Å². The van der Waals surface area contributed by atoms with E-state index in [-0.39, 0.29) is 74.8 Å². The number of Topliss-reactive ketones (excluding diaryl/α,β-unsaturated/α-hetero) is 2. The van der Waals surface area contributed by atoms with Crippen molar-refractivity contribution < 1.29 is 67.3 Å². The van der Waals surface area contributed by atoms with Gasteiger partial charge in [0.2, 0.25) is 0 Å². The predicted octanol–water partition coefficient (Wildman–Crippen LogP) is 2.19. The van der Waals surface area contributed by atoms with E-state index in [2.05, 4.69) is 9.68 Å². The van der Waals surface area contributed by atoms with Gasteiger partial charge in [-0.2, -0.15) is 0 Å². The number of hydroxylamine groups is 6. The van der Waals surface area contributed by atoms with Crippen LogP contribution in [0.3, 0.4) is 0 Å². The fourth-order valence-corrected chi connectivity index (χ4v) is 3.79. The number of hydrogen-bond donors (Lipinski definition) is 0. The second-order valence-corrected chi connectivity index (χ2v) is 12.4. The Morgan fingerprint density at radius 2 is 0.898 bits per heavy atom. The lowest BCUT2D eigenvalue weighted by molar-refractivity contribution is -0.198. The van der Waals surface area contributed by atoms with Crippen LogP contribution in [0.15, 0.2) is 0 Å². The highest BCUT2D eigenvalue weighted by Crippen LogP contribution is 2.21. The molecule has 0 spiro atoms. The van der Waals surface area contributed by atoms with Gasteiger partial charge >= 0.3 is 17.9 Å². The maximum atomic E-state index is 11.4. The number of amides is 6. The van der Waals surface area contributed by atoms with Crippen LogP contribution in [0.4, 0.5) is 0 Å². The third-order valence-corrected chi connectivity index (χ3v) is 6.74. The van der Waals surface area contributed by atoms with Gasteiger partial charge in [0.1, 0.15) is 24.4 Å². The Hall–Kier alpha value is -4.83. The van der Waals surface area contributed by atoms with Crippen LogP contribution >= 0.6 is 0 Å². The molecule has 17 heteroatoms. The Labute approximate surface area is 284 Å². The maximum absolute atomic E-state index is 11.4. The van der Waals surface area contributed by atoms with Gasteiger partial charge in [-0.25, -0.2) is 14.4 Å². The zero-order chi connectivity index (χ0) is 37.0. The lowest BCUT2D eigenvalue weighted by atomic mass is 10.1. The van der Waals surface area contributed by atoms with Crippen LogP contribution in [0, 0.1) is 29.6 Å². The van der Waals surface area contributed by atoms with E-state index in [0.717, 1.165) is 0 Å². The van der Waals surface area contributed by atoms with E-state index >= 15 is 0 Å². The molecule has 0 radical (unpaired) electrons. The largest absolute Gasteiger partial charge is 0.340 e. The zero-order valence-electron chi connectivity index (χ0n) is 28.4. The SMILES string of the molecule is C.CC(C)C(=O)CC(=O)ON1C(=O)CC(C)C1=O.CC(C)C(=O)CC(=O)ON1C(=O)CCC1=O.CC(C)CC(=O)ON1C(=O)CC(C)C1=O. The van der Waals surface area contributed by atoms with Crippen molar-refractivity contribution in [2.75, 3.05) is 0 Å². The predicted molar refractivity (Wildman–Crippen MR) is 166 cm³/mol. The summed E-state index contributed by atoms with van der Waals surface area (Å²) in [6.45, 7) is 13.6. The monoisotopic (exact) mass is 697 g/mol. The van der Waals surface area contributed by atoms with E-state index in [1.54, 1.807) is 41.5 Å². The number of nitrogens with zero attached hydrogens (tertiary/aromatic N) is 3. The molecule has 0 N–H and O–H groups in total. The second kappa shape index (κ2) is 19.9. The first-order valence-corrected chi connectivity index (χ1v) is 15.4. The highest BCUT2D eigenvalue weighted by Gasteiger charge is 2.40. The lowest BCUT2D eigenvalue weighted by Crippen LogP contribution is -2.34. The lowest BCUT2D eigenvalue weighted by Gasteiger charge is -2.13. The van der Waals surface area contributed by atoms with Crippen molar-refractivity contribution in [1.82, 2.24) is 15.2 Å². The van der Waals surface area contributed by atoms with Crippen molar-refractivity contribution in [2.45, 2.75) is 108 Å². The summed E-state index contributed by atoms with van der Waals surface area (Å²) in [5, 5.41) is 1.49. The molecule has 0 aromatic heterocycles. The average Bonchev–Trinajstić information content (AvgIpc) is 3.51. The maximum Gasteiger partial charge on any atom is 0.340 e. The molecule has 2 atom stereocenters. The van der Waals surface area contributed by atoms with E-state index in [1.807, 2.05) is 13.8 Å². The smallest absolute Gasteiger partial charge is 0.330 e. The van der Waals surface area contributed by atoms with Crippen molar-refractivity contribution in [3.63, 3.8) is 0 Å². The normalized spacial score (nSPS) is 18.6. The molecule has 274 valence electrons. The van der Waals surface area contributed by atoms with E-state index < -0.39 is 72.1 Å². The van der Waals surface area contributed by atoms with Gasteiger partial charge in [-0.3, -0.25) is 38.4 Å².